The van der Waals surface area contributed by atoms with Crippen molar-refractivity contribution in [2.24, 2.45) is 0 Å². The number of fused-ring (bicyclic) bond motifs is 3. The lowest BCUT2D eigenvalue weighted by Crippen LogP contribution is -2.53. The Labute approximate surface area is 196 Å². The van der Waals surface area contributed by atoms with Gasteiger partial charge in [-0.05, 0) is 35.1 Å². The highest BCUT2D eigenvalue weighted by Gasteiger charge is 2.37. The van der Waals surface area contributed by atoms with Crippen molar-refractivity contribution in [2.75, 3.05) is 11.9 Å². The summed E-state index contributed by atoms with van der Waals surface area (Å²) in [6.07, 6.45) is -0.354. The number of carbonyl (C=O) groups is 3. The zero-order valence-corrected chi connectivity index (χ0v) is 18.8. The smallest absolute Gasteiger partial charge is 0.414 e. The number of hydrogen-bond acceptors (Lipinski definition) is 6. The summed E-state index contributed by atoms with van der Waals surface area (Å²) in [4.78, 5) is 36.5. The number of carboxylic acids is 1. The first-order chi connectivity index (χ1) is 16.4. The van der Waals surface area contributed by atoms with Crippen LogP contribution in [0.4, 0.5) is 10.7 Å². The molecule has 176 valence electrons. The van der Waals surface area contributed by atoms with Crippen molar-refractivity contribution in [3.8, 4) is 11.1 Å². The van der Waals surface area contributed by atoms with E-state index in [-0.39, 0.29) is 36.9 Å². The number of amides is 2. The first-order valence-corrected chi connectivity index (χ1v) is 11.0. The number of nitrogens with zero attached hydrogens (tertiary/aromatic N) is 1. The van der Waals surface area contributed by atoms with E-state index in [9.17, 15) is 19.5 Å². The average molecular weight is 463 g/mol. The summed E-state index contributed by atoms with van der Waals surface area (Å²) in [5.74, 6) is -2.03. The third kappa shape index (κ3) is 4.24. The molecular weight excluding hydrogens is 438 g/mol. The van der Waals surface area contributed by atoms with E-state index in [1.165, 1.54) is 6.07 Å². The zero-order chi connectivity index (χ0) is 24.3. The lowest BCUT2D eigenvalue weighted by Gasteiger charge is -2.27. The Kier molecular flexibility index (Phi) is 6.36. The van der Waals surface area contributed by atoms with Crippen molar-refractivity contribution < 1.29 is 28.8 Å². The van der Waals surface area contributed by atoms with Gasteiger partial charge >= 0.3 is 12.1 Å². The molecule has 1 heterocycles. The number of nitrogens with one attached hydrogen (secondary N) is 2. The number of carbonyl (C=O) groups excluding carboxylic acids is 2. The van der Waals surface area contributed by atoms with Crippen LogP contribution in [-0.4, -0.2) is 40.4 Å². The van der Waals surface area contributed by atoms with E-state index in [1.807, 2.05) is 48.5 Å². The van der Waals surface area contributed by atoms with Crippen LogP contribution in [0, 0.1) is 0 Å². The molecule has 34 heavy (non-hydrogen) atoms. The van der Waals surface area contributed by atoms with E-state index in [0.29, 0.717) is 0 Å². The van der Waals surface area contributed by atoms with E-state index in [0.717, 1.165) is 22.3 Å². The Morgan fingerprint density at radius 1 is 1.03 bits per heavy atom. The normalized spacial score (nSPS) is 12.5. The second kappa shape index (κ2) is 9.38. The van der Waals surface area contributed by atoms with Crippen LogP contribution in [0.5, 0.6) is 0 Å². The summed E-state index contributed by atoms with van der Waals surface area (Å²) < 4.78 is 10.5. The van der Waals surface area contributed by atoms with Crippen molar-refractivity contribution in [1.82, 2.24) is 10.5 Å². The fourth-order valence-electron chi connectivity index (χ4n) is 4.24. The number of aromatic nitrogens is 1. The number of anilines is 1. The zero-order valence-electron chi connectivity index (χ0n) is 18.8. The number of rotatable bonds is 8. The Morgan fingerprint density at radius 3 is 2.18 bits per heavy atom. The molecule has 0 bridgehead atoms. The number of aliphatic carboxylic acids is 1. The van der Waals surface area contributed by atoms with E-state index < -0.39 is 23.5 Å². The molecule has 0 saturated carbocycles. The van der Waals surface area contributed by atoms with E-state index >= 15 is 0 Å². The second-order valence-electron chi connectivity index (χ2n) is 8.08. The molecule has 0 saturated heterocycles. The monoisotopic (exact) mass is 463 g/mol. The van der Waals surface area contributed by atoms with E-state index in [4.69, 9.17) is 9.26 Å². The summed E-state index contributed by atoms with van der Waals surface area (Å²) >= 11 is 0. The summed E-state index contributed by atoms with van der Waals surface area (Å²) in [5.41, 5.74) is 2.86. The molecule has 3 N–H and O–H groups in total. The van der Waals surface area contributed by atoms with Crippen LogP contribution in [0.3, 0.4) is 0 Å². The van der Waals surface area contributed by atoms with Crippen LogP contribution < -0.4 is 10.6 Å². The van der Waals surface area contributed by atoms with E-state index in [2.05, 4.69) is 15.8 Å². The molecule has 9 nitrogen and oxygen atoms in total. The number of ether oxygens (including phenoxy) is 1. The minimum atomic E-state index is -1.41. The lowest BCUT2D eigenvalue weighted by molar-refractivity contribution is -0.144. The fraction of sp³-hybridized carbons (Fsp3) is 0.280. The molecular formula is C25H25N3O6. The highest BCUT2D eigenvalue weighted by Crippen LogP contribution is 2.44. The van der Waals surface area contributed by atoms with Crippen molar-refractivity contribution >= 4 is 23.9 Å². The number of hydrogen-bond donors (Lipinski definition) is 3. The predicted molar refractivity (Wildman–Crippen MR) is 124 cm³/mol. The Morgan fingerprint density at radius 2 is 1.62 bits per heavy atom. The molecule has 9 heteroatoms. The summed E-state index contributed by atoms with van der Waals surface area (Å²) in [6, 6.07) is 17.2. The van der Waals surface area contributed by atoms with Crippen molar-refractivity contribution in [2.45, 2.75) is 38.1 Å². The maximum absolute atomic E-state index is 12.5. The van der Waals surface area contributed by atoms with Gasteiger partial charge in [-0.15, -0.1) is 0 Å². The van der Waals surface area contributed by atoms with Gasteiger partial charge in [0.25, 0.3) is 5.91 Å². The van der Waals surface area contributed by atoms with Crippen molar-refractivity contribution in [3.63, 3.8) is 0 Å². The third-order valence-electron chi connectivity index (χ3n) is 6.28. The Hall–Kier alpha value is -4.14. The van der Waals surface area contributed by atoms with Crippen LogP contribution in [0.15, 0.2) is 59.1 Å². The van der Waals surface area contributed by atoms with Gasteiger partial charge in [-0.1, -0.05) is 67.5 Å². The van der Waals surface area contributed by atoms with Gasteiger partial charge in [-0.2, -0.15) is 0 Å². The molecule has 1 aromatic heterocycles. The molecule has 0 atom stereocenters. The molecule has 0 radical (unpaired) electrons. The largest absolute Gasteiger partial charge is 0.480 e. The molecule has 4 rings (SSSR count). The predicted octanol–water partition coefficient (Wildman–Crippen LogP) is 4.41. The lowest BCUT2D eigenvalue weighted by atomic mass is 9.93. The maximum Gasteiger partial charge on any atom is 0.414 e. The van der Waals surface area contributed by atoms with Gasteiger partial charge in [0.2, 0.25) is 5.88 Å². The Balaban J connectivity index is 1.39. The molecule has 2 amide bonds. The van der Waals surface area contributed by atoms with Gasteiger partial charge in [0.05, 0.1) is 0 Å². The topological polar surface area (TPSA) is 131 Å². The minimum Gasteiger partial charge on any atom is -0.480 e. The van der Waals surface area contributed by atoms with Crippen LogP contribution in [0.1, 0.15) is 54.2 Å². The van der Waals surface area contributed by atoms with Crippen LogP contribution in [0.2, 0.25) is 0 Å². The van der Waals surface area contributed by atoms with Crippen molar-refractivity contribution in [3.05, 3.63) is 71.4 Å². The highest BCUT2D eigenvalue weighted by molar-refractivity contribution is 5.97. The van der Waals surface area contributed by atoms with Gasteiger partial charge in [0, 0.05) is 12.0 Å². The summed E-state index contributed by atoms with van der Waals surface area (Å²) in [5, 5.41) is 18.0. The fourth-order valence-corrected chi connectivity index (χ4v) is 4.24. The van der Waals surface area contributed by atoms with E-state index in [1.54, 1.807) is 13.8 Å². The quantitative estimate of drug-likeness (QED) is 0.451. The molecule has 0 fully saturated rings. The minimum absolute atomic E-state index is 0.0868. The molecule has 2 aromatic carbocycles. The SMILES string of the molecule is CCC(CC)(NC(=O)c1cc(NC(=O)OCC2c3ccccc3-c3ccccc32)on1)C(=O)O. The Bertz CT molecular complexity index is 1190. The van der Waals surface area contributed by atoms with Gasteiger partial charge in [-0.3, -0.25) is 10.1 Å². The van der Waals surface area contributed by atoms with Gasteiger partial charge in [0.15, 0.2) is 5.69 Å². The molecule has 0 aliphatic heterocycles. The standard InChI is InChI=1S/C25H25N3O6/c1-3-25(4-2,23(30)31)27-22(29)20-13-21(34-28-20)26-24(32)33-14-19-17-11-7-5-9-15(17)16-10-6-8-12-18(16)19/h5-13,19H,3-4,14H2,1-2H3,(H,26,32)(H,27,29)(H,30,31). The second-order valence-corrected chi connectivity index (χ2v) is 8.08. The average Bonchev–Trinajstić information content (AvgIpc) is 3.44. The van der Waals surface area contributed by atoms with Crippen LogP contribution in [0.25, 0.3) is 11.1 Å². The van der Waals surface area contributed by atoms with Crippen molar-refractivity contribution in [1.29, 1.82) is 0 Å². The van der Waals surface area contributed by atoms with Crippen LogP contribution >= 0.6 is 0 Å². The summed E-state index contributed by atoms with van der Waals surface area (Å²) in [6.45, 7) is 3.46. The highest BCUT2D eigenvalue weighted by atomic mass is 16.6. The number of carboxylic acid groups (broad SMARTS) is 1. The molecule has 0 spiro atoms. The van der Waals surface area contributed by atoms with Crippen LogP contribution in [-0.2, 0) is 9.53 Å². The maximum atomic E-state index is 12.5. The third-order valence-corrected chi connectivity index (χ3v) is 6.28. The van der Waals surface area contributed by atoms with Gasteiger partial charge in [0.1, 0.15) is 12.1 Å². The molecule has 1 aliphatic carbocycles. The summed E-state index contributed by atoms with van der Waals surface area (Å²) in [7, 11) is 0. The molecule has 1 aliphatic rings. The van der Waals surface area contributed by atoms with Gasteiger partial charge in [-0.25, -0.2) is 9.59 Å². The molecule has 3 aromatic rings. The molecule has 0 unspecified atom stereocenters. The first-order valence-electron chi connectivity index (χ1n) is 11.0. The first kappa shape index (κ1) is 23.0. The van der Waals surface area contributed by atoms with Gasteiger partial charge < -0.3 is 19.7 Å². The number of benzene rings is 2.